The molecule has 4 heteroatoms. The molecule has 1 unspecified atom stereocenters. The maximum atomic E-state index is 13.1. The molecule has 0 bridgehead atoms. The Morgan fingerprint density at radius 2 is 1.65 bits per heavy atom. The normalized spacial score (nSPS) is 16.5. The molecule has 2 heterocycles. The first-order valence-corrected chi connectivity index (χ1v) is 12.3. The number of imidazole rings is 1. The molecule has 1 saturated heterocycles. The maximum Gasteiger partial charge on any atom is 0.227 e. The number of para-hydroxylation sites is 3. The molecular formula is C30H33N3O. The standard InChI is InChI=1S/C30H33N3O/c1-5-22-10-6-8-12-26(22)32-20-23(18-28(32)34)29-31-25-11-7-9-13-27(25)33(29)19-21-14-16-24(17-15-21)30(2,3)4/h6-17,23H,5,18-20H2,1-4H3. The van der Waals surface area contributed by atoms with Crippen molar-refractivity contribution in [1.82, 2.24) is 9.55 Å². The number of aryl methyl sites for hydroxylation is 1. The molecule has 0 saturated carbocycles. The molecule has 34 heavy (non-hydrogen) atoms. The Hall–Kier alpha value is -3.40. The number of hydrogen-bond acceptors (Lipinski definition) is 2. The molecule has 1 aromatic heterocycles. The molecule has 1 aliphatic heterocycles. The molecule has 1 atom stereocenters. The van der Waals surface area contributed by atoms with Crippen LogP contribution in [-0.4, -0.2) is 22.0 Å². The second kappa shape index (κ2) is 8.75. The van der Waals surface area contributed by atoms with Gasteiger partial charge >= 0.3 is 0 Å². The molecule has 4 nitrogen and oxygen atoms in total. The summed E-state index contributed by atoms with van der Waals surface area (Å²) in [6.07, 6.45) is 1.40. The van der Waals surface area contributed by atoms with Crippen molar-refractivity contribution >= 4 is 22.6 Å². The van der Waals surface area contributed by atoms with E-state index in [0.29, 0.717) is 13.0 Å². The van der Waals surface area contributed by atoms with Gasteiger partial charge in [0.05, 0.1) is 11.0 Å². The van der Waals surface area contributed by atoms with E-state index in [1.165, 1.54) is 16.7 Å². The van der Waals surface area contributed by atoms with E-state index < -0.39 is 0 Å². The van der Waals surface area contributed by atoms with Crippen molar-refractivity contribution in [3.63, 3.8) is 0 Å². The summed E-state index contributed by atoms with van der Waals surface area (Å²) >= 11 is 0. The minimum atomic E-state index is 0.0682. The zero-order chi connectivity index (χ0) is 23.9. The van der Waals surface area contributed by atoms with Gasteiger partial charge in [-0.15, -0.1) is 0 Å². The van der Waals surface area contributed by atoms with Crippen LogP contribution in [0.1, 0.15) is 62.5 Å². The van der Waals surface area contributed by atoms with Crippen LogP contribution in [0.5, 0.6) is 0 Å². The van der Waals surface area contributed by atoms with E-state index in [0.717, 1.165) is 35.5 Å². The molecule has 0 spiro atoms. The van der Waals surface area contributed by atoms with Gasteiger partial charge in [0.2, 0.25) is 5.91 Å². The first-order valence-electron chi connectivity index (χ1n) is 12.3. The number of nitrogens with zero attached hydrogens (tertiary/aromatic N) is 3. The van der Waals surface area contributed by atoms with Gasteiger partial charge in [0.1, 0.15) is 5.82 Å². The molecular weight excluding hydrogens is 418 g/mol. The average molecular weight is 452 g/mol. The number of aromatic nitrogens is 2. The zero-order valence-electron chi connectivity index (χ0n) is 20.6. The SMILES string of the molecule is CCc1ccccc1N1CC(c2nc3ccccc3n2Cc2ccc(C(C)(C)C)cc2)CC1=O. The van der Waals surface area contributed by atoms with E-state index >= 15 is 0 Å². The predicted molar refractivity (Wildman–Crippen MR) is 140 cm³/mol. The number of anilines is 1. The van der Waals surface area contributed by atoms with Crippen LogP contribution in [0.4, 0.5) is 5.69 Å². The van der Waals surface area contributed by atoms with Gasteiger partial charge in [-0.05, 0) is 46.7 Å². The van der Waals surface area contributed by atoms with Crippen LogP contribution < -0.4 is 4.90 Å². The van der Waals surface area contributed by atoms with Crippen LogP contribution in [0.2, 0.25) is 0 Å². The topological polar surface area (TPSA) is 38.1 Å². The van der Waals surface area contributed by atoms with Crippen molar-refractivity contribution < 1.29 is 4.79 Å². The number of hydrogen-bond donors (Lipinski definition) is 0. The van der Waals surface area contributed by atoms with Crippen LogP contribution >= 0.6 is 0 Å². The third kappa shape index (κ3) is 4.13. The molecule has 0 radical (unpaired) electrons. The monoisotopic (exact) mass is 451 g/mol. The summed E-state index contributed by atoms with van der Waals surface area (Å²) in [5, 5.41) is 0. The highest BCUT2D eigenvalue weighted by atomic mass is 16.2. The minimum absolute atomic E-state index is 0.0682. The number of fused-ring (bicyclic) bond motifs is 1. The van der Waals surface area contributed by atoms with Crippen LogP contribution in [0.15, 0.2) is 72.8 Å². The summed E-state index contributed by atoms with van der Waals surface area (Å²) in [6, 6.07) is 25.5. The molecule has 174 valence electrons. The summed E-state index contributed by atoms with van der Waals surface area (Å²) in [7, 11) is 0. The minimum Gasteiger partial charge on any atom is -0.323 e. The van der Waals surface area contributed by atoms with Crippen LogP contribution in [0, 0.1) is 0 Å². The zero-order valence-corrected chi connectivity index (χ0v) is 20.6. The van der Waals surface area contributed by atoms with Gasteiger partial charge in [-0.2, -0.15) is 0 Å². The Labute approximate surface area is 202 Å². The van der Waals surface area contributed by atoms with Crippen molar-refractivity contribution in [2.45, 2.75) is 58.4 Å². The van der Waals surface area contributed by atoms with E-state index in [-0.39, 0.29) is 17.2 Å². The Bertz CT molecular complexity index is 1330. The van der Waals surface area contributed by atoms with Crippen molar-refractivity contribution in [1.29, 1.82) is 0 Å². The molecule has 3 aromatic carbocycles. The number of amides is 1. The second-order valence-electron chi connectivity index (χ2n) is 10.4. The lowest BCUT2D eigenvalue weighted by atomic mass is 9.87. The summed E-state index contributed by atoms with van der Waals surface area (Å²) in [5.74, 6) is 1.25. The number of carbonyl (C=O) groups excluding carboxylic acids is 1. The third-order valence-corrected chi connectivity index (χ3v) is 7.00. The molecule has 1 amide bonds. The molecule has 1 aliphatic rings. The van der Waals surface area contributed by atoms with Crippen molar-refractivity contribution in [2.75, 3.05) is 11.4 Å². The second-order valence-corrected chi connectivity index (χ2v) is 10.4. The quantitative estimate of drug-likeness (QED) is 0.349. The van der Waals surface area contributed by atoms with Gasteiger partial charge in [0, 0.05) is 31.1 Å². The van der Waals surface area contributed by atoms with Gasteiger partial charge in [0.15, 0.2) is 0 Å². The van der Waals surface area contributed by atoms with E-state index in [1.807, 2.05) is 23.1 Å². The summed E-state index contributed by atoms with van der Waals surface area (Å²) < 4.78 is 2.31. The Balaban J connectivity index is 1.50. The largest absolute Gasteiger partial charge is 0.323 e. The highest BCUT2D eigenvalue weighted by Gasteiger charge is 2.35. The molecule has 0 aliphatic carbocycles. The predicted octanol–water partition coefficient (Wildman–Crippen LogP) is 6.47. The fraction of sp³-hybridized carbons (Fsp3) is 0.333. The van der Waals surface area contributed by atoms with E-state index in [4.69, 9.17) is 4.98 Å². The molecule has 0 N–H and O–H groups in total. The smallest absolute Gasteiger partial charge is 0.227 e. The molecule has 5 rings (SSSR count). The van der Waals surface area contributed by atoms with Gasteiger partial charge in [-0.3, -0.25) is 4.79 Å². The Kier molecular flexibility index (Phi) is 5.76. The third-order valence-electron chi connectivity index (χ3n) is 7.00. The Morgan fingerprint density at radius 3 is 2.38 bits per heavy atom. The highest BCUT2D eigenvalue weighted by Crippen LogP contribution is 2.35. The maximum absolute atomic E-state index is 13.1. The van der Waals surface area contributed by atoms with Crippen LogP contribution in [0.25, 0.3) is 11.0 Å². The number of benzene rings is 3. The van der Waals surface area contributed by atoms with Gasteiger partial charge in [-0.1, -0.05) is 82.3 Å². The summed E-state index contributed by atoms with van der Waals surface area (Å²) in [4.78, 5) is 20.1. The Morgan fingerprint density at radius 1 is 0.941 bits per heavy atom. The number of carbonyl (C=O) groups is 1. The van der Waals surface area contributed by atoms with Crippen molar-refractivity contribution in [3.05, 3.63) is 95.3 Å². The van der Waals surface area contributed by atoms with Crippen LogP contribution in [0.3, 0.4) is 0 Å². The van der Waals surface area contributed by atoms with Crippen molar-refractivity contribution in [3.8, 4) is 0 Å². The molecule has 1 fully saturated rings. The first kappa shape index (κ1) is 22.4. The lowest BCUT2D eigenvalue weighted by molar-refractivity contribution is -0.117. The van der Waals surface area contributed by atoms with E-state index in [1.54, 1.807) is 0 Å². The number of rotatable bonds is 5. The lowest BCUT2D eigenvalue weighted by Crippen LogP contribution is -2.25. The van der Waals surface area contributed by atoms with E-state index in [9.17, 15) is 4.79 Å². The first-order chi connectivity index (χ1) is 16.3. The van der Waals surface area contributed by atoms with E-state index in [2.05, 4.69) is 86.9 Å². The average Bonchev–Trinajstić information content (AvgIpc) is 3.39. The lowest BCUT2D eigenvalue weighted by Gasteiger charge is -2.21. The summed E-state index contributed by atoms with van der Waals surface area (Å²) in [6.45, 7) is 10.3. The highest BCUT2D eigenvalue weighted by molar-refractivity contribution is 5.97. The van der Waals surface area contributed by atoms with Gasteiger partial charge < -0.3 is 9.47 Å². The van der Waals surface area contributed by atoms with Crippen molar-refractivity contribution in [2.24, 2.45) is 0 Å². The van der Waals surface area contributed by atoms with Gasteiger partial charge in [0.25, 0.3) is 0 Å². The fourth-order valence-corrected chi connectivity index (χ4v) is 5.05. The van der Waals surface area contributed by atoms with Crippen LogP contribution in [-0.2, 0) is 23.2 Å². The van der Waals surface area contributed by atoms with Gasteiger partial charge in [-0.25, -0.2) is 4.98 Å². The fourth-order valence-electron chi connectivity index (χ4n) is 5.05. The summed E-state index contributed by atoms with van der Waals surface area (Å²) in [5.41, 5.74) is 7.07. The molecule has 4 aromatic rings.